The zero-order valence-electron chi connectivity index (χ0n) is 20.9. The van der Waals surface area contributed by atoms with Crippen LogP contribution in [0.3, 0.4) is 0 Å². The Morgan fingerprint density at radius 1 is 0.643 bits per heavy atom. The van der Waals surface area contributed by atoms with Crippen molar-refractivity contribution in [3.05, 3.63) is 126 Å². The Bertz CT molecular complexity index is 1620. The number of halogens is 10. The van der Waals surface area contributed by atoms with Gasteiger partial charge in [0.15, 0.2) is 23.3 Å². The van der Waals surface area contributed by atoms with Crippen molar-refractivity contribution in [2.75, 3.05) is 0 Å². The summed E-state index contributed by atoms with van der Waals surface area (Å²) in [5, 5.41) is 0. The molecule has 0 aromatic heterocycles. The van der Waals surface area contributed by atoms with Crippen molar-refractivity contribution in [2.45, 2.75) is 12.5 Å². The fraction of sp³-hybridized carbons (Fsp3) is 0.0667. The predicted octanol–water partition coefficient (Wildman–Crippen LogP) is 10.3. The molecule has 2 nitrogen and oxygen atoms in total. The number of rotatable bonds is 8. The minimum Gasteiger partial charge on any atom is -0.429 e. The van der Waals surface area contributed by atoms with E-state index in [1.54, 1.807) is 0 Å². The highest BCUT2D eigenvalue weighted by atomic mass is 19.4. The second-order valence-corrected chi connectivity index (χ2v) is 8.60. The van der Waals surface area contributed by atoms with Gasteiger partial charge in [0, 0.05) is 17.2 Å². The first-order chi connectivity index (χ1) is 19.7. The van der Waals surface area contributed by atoms with Gasteiger partial charge in [-0.15, -0.1) is 13.2 Å². The van der Waals surface area contributed by atoms with Gasteiger partial charge in [0.05, 0.1) is 5.56 Å². The molecule has 0 unspecified atom stereocenters. The predicted molar refractivity (Wildman–Crippen MR) is 134 cm³/mol. The highest BCUT2D eigenvalue weighted by Crippen LogP contribution is 2.37. The first-order valence-electron chi connectivity index (χ1n) is 11.7. The molecule has 0 N–H and O–H groups in total. The Morgan fingerprint density at radius 2 is 1.19 bits per heavy atom. The first-order valence-corrected chi connectivity index (χ1v) is 11.7. The van der Waals surface area contributed by atoms with Crippen molar-refractivity contribution in [1.82, 2.24) is 0 Å². The van der Waals surface area contributed by atoms with Crippen LogP contribution < -0.4 is 9.47 Å². The molecule has 0 saturated carbocycles. The van der Waals surface area contributed by atoms with E-state index in [-0.39, 0.29) is 5.56 Å². The van der Waals surface area contributed by atoms with Crippen LogP contribution in [-0.4, -0.2) is 6.36 Å². The molecule has 4 aromatic rings. The lowest BCUT2D eigenvalue weighted by Crippen LogP contribution is -2.21. The van der Waals surface area contributed by atoms with Gasteiger partial charge in [-0.1, -0.05) is 43.0 Å². The summed E-state index contributed by atoms with van der Waals surface area (Å²) in [6, 6.07) is 13.2. The third kappa shape index (κ3) is 6.76. The van der Waals surface area contributed by atoms with E-state index in [1.807, 2.05) is 0 Å². The largest absolute Gasteiger partial charge is 0.573 e. The van der Waals surface area contributed by atoms with Crippen molar-refractivity contribution >= 4 is 5.83 Å². The topological polar surface area (TPSA) is 18.5 Å². The van der Waals surface area contributed by atoms with Crippen LogP contribution in [0, 0.1) is 17.5 Å². The van der Waals surface area contributed by atoms with E-state index < -0.39 is 69.8 Å². The minimum atomic E-state index is -5.38. The second-order valence-electron chi connectivity index (χ2n) is 8.60. The van der Waals surface area contributed by atoms with E-state index in [4.69, 9.17) is 0 Å². The van der Waals surface area contributed by atoms with Gasteiger partial charge in [-0.25, -0.2) is 22.0 Å². The van der Waals surface area contributed by atoms with Gasteiger partial charge in [0.2, 0.25) is 5.75 Å². The lowest BCUT2D eigenvalue weighted by molar-refractivity contribution is -0.276. The average Bonchev–Trinajstić information content (AvgIpc) is 2.93. The summed E-state index contributed by atoms with van der Waals surface area (Å²) in [5.41, 5.74) is -0.753. The fourth-order valence-corrected chi connectivity index (χ4v) is 3.82. The van der Waals surface area contributed by atoms with E-state index in [0.717, 1.165) is 24.3 Å². The van der Waals surface area contributed by atoms with Gasteiger partial charge in [0.1, 0.15) is 11.6 Å². The minimum absolute atomic E-state index is 0.0475. The highest BCUT2D eigenvalue weighted by Gasteiger charge is 2.36. The second kappa shape index (κ2) is 11.6. The van der Waals surface area contributed by atoms with Crippen LogP contribution in [0.5, 0.6) is 11.5 Å². The molecule has 0 aliphatic carbocycles. The Hall–Kier alpha value is -4.74. The van der Waals surface area contributed by atoms with Crippen LogP contribution in [0.25, 0.3) is 28.1 Å². The van der Waals surface area contributed by atoms with Crippen molar-refractivity contribution in [2.24, 2.45) is 0 Å². The lowest BCUT2D eigenvalue weighted by Gasteiger charge is -2.19. The molecule has 42 heavy (non-hydrogen) atoms. The molecule has 0 heterocycles. The molecule has 0 saturated heterocycles. The molecule has 0 bridgehead atoms. The molecule has 4 aromatic carbocycles. The van der Waals surface area contributed by atoms with Gasteiger partial charge in [-0.05, 0) is 59.2 Å². The lowest BCUT2D eigenvalue weighted by atomic mass is 10.0. The maximum Gasteiger partial charge on any atom is 0.573 e. The summed E-state index contributed by atoms with van der Waals surface area (Å²) in [7, 11) is 0. The van der Waals surface area contributed by atoms with Crippen molar-refractivity contribution < 1.29 is 53.4 Å². The third-order valence-corrected chi connectivity index (χ3v) is 5.80. The normalized spacial score (nSPS) is 12.5. The Morgan fingerprint density at radius 3 is 1.69 bits per heavy atom. The Labute approximate surface area is 231 Å². The number of alkyl halides is 5. The molecule has 0 spiro atoms. The molecule has 0 aliphatic heterocycles. The van der Waals surface area contributed by atoms with E-state index in [2.05, 4.69) is 16.1 Å². The van der Waals surface area contributed by atoms with Gasteiger partial charge in [-0.3, -0.25) is 0 Å². The zero-order chi connectivity index (χ0) is 30.8. The monoisotopic (exact) mass is 598 g/mol. The number of allylic oxidation sites excluding steroid dienone is 2. The number of ether oxygens (including phenoxy) is 2. The van der Waals surface area contributed by atoms with Crippen LogP contribution >= 0.6 is 0 Å². The van der Waals surface area contributed by atoms with Gasteiger partial charge in [0.25, 0.3) is 0 Å². The van der Waals surface area contributed by atoms with Crippen LogP contribution in [0.1, 0.15) is 11.1 Å². The van der Waals surface area contributed by atoms with E-state index >= 15 is 0 Å². The molecule has 0 radical (unpaired) electrons. The smallest absolute Gasteiger partial charge is 0.429 e. The van der Waals surface area contributed by atoms with Gasteiger partial charge >= 0.3 is 12.5 Å². The zero-order valence-corrected chi connectivity index (χ0v) is 20.9. The summed E-state index contributed by atoms with van der Waals surface area (Å²) in [6.07, 6.45) is -8.63. The van der Waals surface area contributed by atoms with E-state index in [0.29, 0.717) is 35.4 Å². The van der Waals surface area contributed by atoms with Crippen LogP contribution in [0.4, 0.5) is 43.9 Å². The Balaban J connectivity index is 1.51. The SMILES string of the molecule is C=C/C(F)=C(\F)c1ccc(-c2ccc(C(F)(F)Oc3ccc(-c4cc(F)c(OC(F)(F)F)c(F)c4)c(F)c3)cc2)cc1. The molecule has 12 heteroatoms. The molecular formula is C30H16F10O2. The van der Waals surface area contributed by atoms with Crippen LogP contribution in [0.2, 0.25) is 0 Å². The van der Waals surface area contributed by atoms with Crippen molar-refractivity contribution in [3.63, 3.8) is 0 Å². The van der Waals surface area contributed by atoms with Crippen LogP contribution in [0.15, 0.2) is 97.3 Å². The molecular weight excluding hydrogens is 582 g/mol. The van der Waals surface area contributed by atoms with E-state index in [9.17, 15) is 43.9 Å². The van der Waals surface area contributed by atoms with E-state index in [1.165, 1.54) is 36.4 Å². The highest BCUT2D eigenvalue weighted by molar-refractivity contribution is 5.69. The van der Waals surface area contributed by atoms with Gasteiger partial charge in [-0.2, -0.15) is 8.78 Å². The average molecular weight is 598 g/mol. The maximum atomic E-state index is 14.8. The summed E-state index contributed by atoms with van der Waals surface area (Å²) in [6.45, 7) is 3.14. The number of benzene rings is 4. The number of hydrogen-bond acceptors (Lipinski definition) is 2. The fourth-order valence-electron chi connectivity index (χ4n) is 3.82. The standard InChI is InChI=1S/C30H16F10O2/c1-2-23(31)27(35)18-5-3-16(4-6-18)17-7-9-20(10-8-17)29(36,37)41-21-11-12-22(24(32)15-21)19-13-25(33)28(26(34)14-19)42-30(38,39)40/h2-15H,1H2/b27-23+. The summed E-state index contributed by atoms with van der Waals surface area (Å²) < 4.78 is 145. The van der Waals surface area contributed by atoms with Crippen molar-refractivity contribution in [3.8, 4) is 33.8 Å². The van der Waals surface area contributed by atoms with Crippen LogP contribution in [-0.2, 0) is 6.11 Å². The molecule has 218 valence electrons. The summed E-state index contributed by atoms with van der Waals surface area (Å²) in [5.74, 6) is -9.44. The summed E-state index contributed by atoms with van der Waals surface area (Å²) in [4.78, 5) is 0. The molecule has 0 amide bonds. The molecule has 0 aliphatic rings. The quantitative estimate of drug-likeness (QED) is 0.148. The first kappa shape index (κ1) is 30.2. The van der Waals surface area contributed by atoms with Gasteiger partial charge < -0.3 is 9.47 Å². The Kier molecular flexibility index (Phi) is 8.37. The third-order valence-electron chi connectivity index (χ3n) is 5.80. The molecule has 0 atom stereocenters. The molecule has 4 rings (SSSR count). The number of hydrogen-bond donors (Lipinski definition) is 0. The summed E-state index contributed by atoms with van der Waals surface area (Å²) >= 11 is 0. The van der Waals surface area contributed by atoms with Crippen molar-refractivity contribution in [1.29, 1.82) is 0 Å². The maximum absolute atomic E-state index is 14.8. The molecule has 0 fully saturated rings.